The average molecular weight is 294 g/mol. The van der Waals surface area contributed by atoms with E-state index in [0.29, 0.717) is 23.5 Å². The van der Waals surface area contributed by atoms with Crippen LogP contribution >= 0.6 is 0 Å². The number of carbonyl (C=O) groups excluding carboxylic acids is 1. The van der Waals surface area contributed by atoms with Crippen LogP contribution in [0.1, 0.15) is 12.0 Å². The third-order valence-corrected chi connectivity index (χ3v) is 8.83. The van der Waals surface area contributed by atoms with Crippen molar-refractivity contribution in [2.45, 2.75) is 25.6 Å². The topological polar surface area (TPSA) is 17.1 Å². The first-order valence-corrected chi connectivity index (χ1v) is 11.3. The molecule has 1 aromatic carbocycles. The summed E-state index contributed by atoms with van der Waals surface area (Å²) in [6.07, 6.45) is 8.25. The molecule has 3 aliphatic rings. The van der Waals surface area contributed by atoms with Crippen LogP contribution in [0.15, 0.2) is 53.8 Å². The Bertz CT molecular complexity index is 641. The number of rotatable bonds is 3. The third-order valence-electron chi connectivity index (χ3n) is 5.67. The maximum Gasteiger partial charge on any atom is 0.158 e. The van der Waals surface area contributed by atoms with E-state index < -0.39 is 8.07 Å². The number of allylic oxidation sites excluding steroid dienone is 4. The molecule has 0 heterocycles. The van der Waals surface area contributed by atoms with Gasteiger partial charge in [0, 0.05) is 5.92 Å². The van der Waals surface area contributed by atoms with Crippen molar-refractivity contribution in [2.24, 2.45) is 23.7 Å². The molecule has 0 N–H and O–H groups in total. The van der Waals surface area contributed by atoms with Crippen molar-refractivity contribution in [1.29, 1.82) is 0 Å². The zero-order valence-electron chi connectivity index (χ0n) is 12.8. The van der Waals surface area contributed by atoms with Crippen LogP contribution in [0.25, 0.3) is 0 Å². The Kier molecular flexibility index (Phi) is 2.87. The van der Waals surface area contributed by atoms with Crippen LogP contribution in [0.4, 0.5) is 0 Å². The highest BCUT2D eigenvalue weighted by atomic mass is 28.3. The lowest BCUT2D eigenvalue weighted by Crippen LogP contribution is -2.37. The van der Waals surface area contributed by atoms with Gasteiger partial charge in [0.1, 0.15) is 0 Å². The van der Waals surface area contributed by atoms with Gasteiger partial charge >= 0.3 is 0 Å². The maximum atomic E-state index is 12.9. The number of benzene rings is 1. The Labute approximate surface area is 127 Å². The molecule has 0 radical (unpaired) electrons. The Morgan fingerprint density at radius 2 is 1.81 bits per heavy atom. The van der Waals surface area contributed by atoms with Crippen molar-refractivity contribution in [3.8, 4) is 0 Å². The fourth-order valence-corrected chi connectivity index (χ4v) is 7.60. The van der Waals surface area contributed by atoms with E-state index in [-0.39, 0.29) is 5.92 Å². The second kappa shape index (κ2) is 4.54. The van der Waals surface area contributed by atoms with E-state index in [1.807, 2.05) is 0 Å². The van der Waals surface area contributed by atoms with Gasteiger partial charge in [0.25, 0.3) is 0 Å². The number of Topliss-reactive ketones (excluding diaryl/α,β-unsaturated/α-hetero) is 1. The van der Waals surface area contributed by atoms with Crippen molar-refractivity contribution in [2.75, 3.05) is 0 Å². The largest absolute Gasteiger partial charge is 0.295 e. The average Bonchev–Trinajstić information content (AvgIpc) is 3.12. The summed E-state index contributed by atoms with van der Waals surface area (Å²) in [5.74, 6) is 2.47. The molecular formula is C19H22OSi. The fraction of sp³-hybridized carbons (Fsp3) is 0.421. The molecule has 1 fully saturated rings. The molecule has 108 valence electrons. The highest BCUT2D eigenvalue weighted by molar-refractivity contribution is 6.88. The summed E-state index contributed by atoms with van der Waals surface area (Å²) >= 11 is 0. The lowest BCUT2D eigenvalue weighted by Gasteiger charge is -2.25. The third kappa shape index (κ3) is 2.00. The molecule has 1 saturated carbocycles. The lowest BCUT2D eigenvalue weighted by atomic mass is 9.85. The van der Waals surface area contributed by atoms with Gasteiger partial charge < -0.3 is 0 Å². The molecule has 3 aliphatic carbocycles. The summed E-state index contributed by atoms with van der Waals surface area (Å²) in [6.45, 7) is 4.72. The molecule has 0 unspecified atom stereocenters. The molecule has 1 aromatic rings. The number of fused-ring (bicyclic) bond motifs is 5. The van der Waals surface area contributed by atoms with E-state index in [1.165, 1.54) is 17.2 Å². The predicted molar refractivity (Wildman–Crippen MR) is 88.4 cm³/mol. The van der Waals surface area contributed by atoms with E-state index in [2.05, 4.69) is 61.7 Å². The van der Waals surface area contributed by atoms with Crippen molar-refractivity contribution in [1.82, 2.24) is 0 Å². The molecule has 2 bridgehead atoms. The van der Waals surface area contributed by atoms with E-state index in [9.17, 15) is 4.79 Å². The lowest BCUT2D eigenvalue weighted by molar-refractivity contribution is -0.119. The minimum atomic E-state index is -1.69. The second-order valence-corrected chi connectivity index (χ2v) is 12.2. The van der Waals surface area contributed by atoms with Gasteiger partial charge in [-0.15, -0.1) is 0 Å². The smallest absolute Gasteiger partial charge is 0.158 e. The summed E-state index contributed by atoms with van der Waals surface area (Å²) < 4.78 is 0. The Morgan fingerprint density at radius 3 is 2.52 bits per heavy atom. The Balaban J connectivity index is 1.62. The summed E-state index contributed by atoms with van der Waals surface area (Å²) in [5, 5.41) is 1.22. The van der Waals surface area contributed by atoms with Crippen LogP contribution in [-0.4, -0.2) is 13.9 Å². The predicted octanol–water partition coefficient (Wildman–Crippen LogP) is 3.96. The quantitative estimate of drug-likeness (QED) is 0.609. The second-order valence-electron chi connectivity index (χ2n) is 7.54. The number of carbonyl (C=O) groups is 1. The summed E-state index contributed by atoms with van der Waals surface area (Å²) in [5.41, 5.74) is 1.38. The van der Waals surface area contributed by atoms with Crippen LogP contribution in [0.2, 0.25) is 13.1 Å². The molecule has 0 aromatic heterocycles. The monoisotopic (exact) mass is 294 g/mol. The van der Waals surface area contributed by atoms with Crippen LogP contribution < -0.4 is 0 Å². The zero-order chi connectivity index (χ0) is 14.6. The van der Waals surface area contributed by atoms with Gasteiger partial charge in [-0.25, -0.2) is 0 Å². The van der Waals surface area contributed by atoms with Crippen LogP contribution in [0, 0.1) is 23.7 Å². The van der Waals surface area contributed by atoms with Crippen molar-refractivity contribution < 1.29 is 4.79 Å². The number of ketones is 1. The first kappa shape index (κ1) is 13.3. The van der Waals surface area contributed by atoms with E-state index >= 15 is 0 Å². The van der Waals surface area contributed by atoms with Gasteiger partial charge in [0.15, 0.2) is 5.78 Å². The first-order chi connectivity index (χ1) is 10.1. The van der Waals surface area contributed by atoms with Crippen molar-refractivity contribution in [3.63, 3.8) is 0 Å². The summed E-state index contributed by atoms with van der Waals surface area (Å²) in [6, 6.07) is 11.7. The van der Waals surface area contributed by atoms with Gasteiger partial charge in [-0.3, -0.25) is 4.79 Å². The van der Waals surface area contributed by atoms with Crippen LogP contribution in [-0.2, 0) is 10.8 Å². The Morgan fingerprint density at radius 1 is 1.10 bits per heavy atom. The highest BCUT2D eigenvalue weighted by Crippen LogP contribution is 2.54. The molecule has 2 heteroatoms. The molecule has 0 aliphatic heterocycles. The molecule has 4 rings (SSSR count). The fourth-order valence-electron chi connectivity index (χ4n) is 4.67. The van der Waals surface area contributed by atoms with Gasteiger partial charge in [-0.05, 0) is 35.4 Å². The summed E-state index contributed by atoms with van der Waals surface area (Å²) in [7, 11) is -1.69. The molecule has 21 heavy (non-hydrogen) atoms. The molecule has 0 amide bonds. The number of hydrogen-bond acceptors (Lipinski definition) is 1. The SMILES string of the molecule is C[Si](C)(Cc1ccccc1)C1=C[C@@H]2[C@H](C1=O)[C@H]1C=C[C@@H]2C1. The standard InChI is InChI=1S/C19H22OSi/c1-21(2,12-13-6-4-3-5-7-13)17-11-16-14-8-9-15(10-14)18(16)19(17)20/h3-9,11,14-16,18H,10,12H2,1-2H3/t14-,15+,16+,18-/m1/s1. The maximum absolute atomic E-state index is 12.9. The van der Waals surface area contributed by atoms with Gasteiger partial charge in [-0.2, -0.15) is 0 Å². The zero-order valence-corrected chi connectivity index (χ0v) is 13.8. The highest BCUT2D eigenvalue weighted by Gasteiger charge is 2.53. The van der Waals surface area contributed by atoms with Crippen molar-refractivity contribution >= 4 is 13.9 Å². The van der Waals surface area contributed by atoms with E-state index in [1.54, 1.807) is 0 Å². The molecular weight excluding hydrogens is 272 g/mol. The van der Waals surface area contributed by atoms with Gasteiger partial charge in [0.2, 0.25) is 0 Å². The minimum absolute atomic E-state index is 0.289. The first-order valence-electron chi connectivity index (χ1n) is 8.05. The van der Waals surface area contributed by atoms with Crippen molar-refractivity contribution in [3.05, 3.63) is 59.3 Å². The number of hydrogen-bond donors (Lipinski definition) is 0. The minimum Gasteiger partial charge on any atom is -0.295 e. The summed E-state index contributed by atoms with van der Waals surface area (Å²) in [4.78, 5) is 12.9. The molecule has 0 spiro atoms. The molecule has 0 saturated heterocycles. The van der Waals surface area contributed by atoms with Gasteiger partial charge in [-0.1, -0.05) is 67.2 Å². The van der Waals surface area contributed by atoms with E-state index in [4.69, 9.17) is 0 Å². The van der Waals surface area contributed by atoms with Crippen LogP contribution in [0.3, 0.4) is 0 Å². The van der Waals surface area contributed by atoms with Gasteiger partial charge in [0.05, 0.1) is 8.07 Å². The normalized spacial score (nSPS) is 33.4. The Hall–Kier alpha value is -1.41. The molecule has 4 atom stereocenters. The van der Waals surface area contributed by atoms with E-state index in [0.717, 1.165) is 6.04 Å². The van der Waals surface area contributed by atoms with Crippen LogP contribution in [0.5, 0.6) is 0 Å². The molecule has 1 nitrogen and oxygen atoms in total.